The molecule has 2 fully saturated rings. The second kappa shape index (κ2) is 10.0. The topological polar surface area (TPSA) is 39.7 Å². The molecule has 1 unspecified atom stereocenters. The summed E-state index contributed by atoms with van der Waals surface area (Å²) < 4.78 is 0.911. The van der Waals surface area contributed by atoms with Gasteiger partial charge in [0.2, 0.25) is 0 Å². The van der Waals surface area contributed by atoms with Gasteiger partial charge in [-0.1, -0.05) is 35.4 Å². The van der Waals surface area contributed by atoms with Crippen LogP contribution in [-0.2, 0) is 0 Å². The smallest absolute Gasteiger partial charge is 0.191 e. The summed E-state index contributed by atoms with van der Waals surface area (Å²) >= 11 is 3.36. The Morgan fingerprint density at radius 1 is 1.33 bits per heavy atom. The minimum Gasteiger partial charge on any atom is -0.357 e. The summed E-state index contributed by atoms with van der Waals surface area (Å²) in [7, 11) is 0. The maximum Gasteiger partial charge on any atom is 0.191 e. The van der Waals surface area contributed by atoms with E-state index in [4.69, 9.17) is 0 Å². The number of hydrogen-bond acceptors (Lipinski definition) is 2. The van der Waals surface area contributed by atoms with Crippen LogP contribution in [0.15, 0.2) is 16.1 Å². The zero-order valence-electron chi connectivity index (χ0n) is 12.9. The van der Waals surface area contributed by atoms with E-state index in [1.807, 2.05) is 0 Å². The summed E-state index contributed by atoms with van der Waals surface area (Å²) in [6.07, 6.45) is 6.83. The summed E-state index contributed by atoms with van der Waals surface area (Å²) in [5.74, 6) is 0.909. The van der Waals surface area contributed by atoms with E-state index in [9.17, 15) is 0 Å². The number of nitrogens with zero attached hydrogens (tertiary/aromatic N) is 2. The molecule has 0 radical (unpaired) electrons. The average Bonchev–Trinajstić information content (AvgIpc) is 3.06. The van der Waals surface area contributed by atoms with Crippen molar-refractivity contribution in [3.05, 3.63) is 11.1 Å². The molecule has 1 saturated carbocycles. The van der Waals surface area contributed by atoms with Gasteiger partial charge >= 0.3 is 0 Å². The molecule has 2 N–H and O–H groups in total. The summed E-state index contributed by atoms with van der Waals surface area (Å²) in [6, 6.07) is 1.36. The Balaban J connectivity index is 0.00000220. The highest BCUT2D eigenvalue weighted by Crippen LogP contribution is 2.26. The van der Waals surface area contributed by atoms with Crippen molar-refractivity contribution in [3.8, 4) is 0 Å². The molecule has 4 nitrogen and oxygen atoms in total. The molecule has 21 heavy (non-hydrogen) atoms. The van der Waals surface area contributed by atoms with E-state index in [1.54, 1.807) is 0 Å². The van der Waals surface area contributed by atoms with Crippen LogP contribution in [0, 0.1) is 0 Å². The predicted octanol–water partition coefficient (Wildman–Crippen LogP) is 3.09. The fraction of sp³-hybridized carbons (Fsp3) is 0.800. The van der Waals surface area contributed by atoms with Gasteiger partial charge in [0.25, 0.3) is 0 Å². The first-order valence-corrected chi connectivity index (χ1v) is 8.60. The lowest BCUT2D eigenvalue weighted by molar-refractivity contribution is 0.242. The van der Waals surface area contributed by atoms with Crippen molar-refractivity contribution < 1.29 is 0 Å². The second-order valence-corrected chi connectivity index (χ2v) is 6.90. The van der Waals surface area contributed by atoms with E-state index >= 15 is 0 Å². The van der Waals surface area contributed by atoms with E-state index in [0.29, 0.717) is 12.6 Å². The lowest BCUT2D eigenvalue weighted by atomic mass is 10.2. The summed E-state index contributed by atoms with van der Waals surface area (Å²) in [4.78, 5) is 7.19. The maximum absolute atomic E-state index is 4.53. The number of aliphatic imine (C=N–C) groups is 1. The minimum atomic E-state index is 0. The van der Waals surface area contributed by atoms with E-state index < -0.39 is 0 Å². The highest BCUT2D eigenvalue weighted by Gasteiger charge is 2.30. The molecule has 1 atom stereocenters. The van der Waals surface area contributed by atoms with E-state index in [-0.39, 0.29) is 24.0 Å². The Morgan fingerprint density at radius 2 is 2.05 bits per heavy atom. The van der Waals surface area contributed by atoms with Crippen LogP contribution in [0.25, 0.3) is 0 Å². The number of halogens is 2. The van der Waals surface area contributed by atoms with Crippen molar-refractivity contribution in [2.24, 2.45) is 4.99 Å². The van der Waals surface area contributed by atoms with Crippen LogP contribution in [0.4, 0.5) is 0 Å². The van der Waals surface area contributed by atoms with Crippen molar-refractivity contribution >= 4 is 45.9 Å². The highest BCUT2D eigenvalue weighted by molar-refractivity contribution is 14.0. The summed E-state index contributed by atoms with van der Waals surface area (Å²) in [5, 5.41) is 6.87. The van der Waals surface area contributed by atoms with E-state index in [1.165, 1.54) is 38.6 Å². The average molecular weight is 471 g/mol. The Morgan fingerprint density at radius 3 is 2.67 bits per heavy atom. The zero-order valence-corrected chi connectivity index (χ0v) is 16.8. The highest BCUT2D eigenvalue weighted by atomic mass is 127. The molecule has 2 rings (SSSR count). The van der Waals surface area contributed by atoms with Crippen LogP contribution in [0.5, 0.6) is 0 Å². The van der Waals surface area contributed by atoms with Crippen molar-refractivity contribution in [1.29, 1.82) is 0 Å². The monoisotopic (exact) mass is 470 g/mol. The molecule has 1 saturated heterocycles. The second-order valence-electron chi connectivity index (χ2n) is 5.78. The van der Waals surface area contributed by atoms with Crippen molar-refractivity contribution in [2.45, 2.75) is 51.1 Å². The third-order valence-corrected chi connectivity index (χ3v) is 4.41. The zero-order chi connectivity index (χ0) is 14.4. The van der Waals surface area contributed by atoms with Crippen LogP contribution in [0.3, 0.4) is 0 Å². The Hall–Kier alpha value is 0.180. The van der Waals surface area contributed by atoms with Gasteiger partial charge in [-0.2, -0.15) is 0 Å². The van der Waals surface area contributed by atoms with Gasteiger partial charge < -0.3 is 10.6 Å². The van der Waals surface area contributed by atoms with Gasteiger partial charge in [0.15, 0.2) is 5.96 Å². The number of rotatable bonds is 5. The van der Waals surface area contributed by atoms with Crippen LogP contribution in [0.1, 0.15) is 39.0 Å². The number of hydrogen-bond donors (Lipinski definition) is 2. The third-order valence-electron chi connectivity index (χ3n) is 4.15. The molecule has 0 aromatic carbocycles. The predicted molar refractivity (Wildman–Crippen MR) is 105 cm³/mol. The molecule has 1 heterocycles. The van der Waals surface area contributed by atoms with Gasteiger partial charge in [-0.05, 0) is 26.2 Å². The third kappa shape index (κ3) is 6.44. The lowest BCUT2D eigenvalue weighted by Crippen LogP contribution is -2.45. The summed E-state index contributed by atoms with van der Waals surface area (Å²) in [6.45, 7) is 9.82. The Labute approximate surface area is 154 Å². The Bertz CT molecular complexity index is 356. The molecule has 6 heteroatoms. The van der Waals surface area contributed by atoms with Gasteiger partial charge in [-0.3, -0.25) is 4.90 Å². The van der Waals surface area contributed by atoms with Crippen LogP contribution in [-0.4, -0.2) is 49.1 Å². The molecular weight excluding hydrogens is 443 g/mol. The first-order chi connectivity index (χ1) is 9.69. The Kier molecular flexibility index (Phi) is 9.20. The molecule has 0 aromatic rings. The first kappa shape index (κ1) is 19.2. The molecule has 0 aromatic heterocycles. The van der Waals surface area contributed by atoms with Crippen molar-refractivity contribution in [2.75, 3.05) is 26.2 Å². The van der Waals surface area contributed by atoms with Crippen LogP contribution < -0.4 is 10.6 Å². The maximum atomic E-state index is 4.53. The van der Waals surface area contributed by atoms with Gasteiger partial charge in [0.1, 0.15) is 0 Å². The first-order valence-electron chi connectivity index (χ1n) is 7.81. The molecule has 1 aliphatic carbocycles. The minimum absolute atomic E-state index is 0. The molecule has 0 amide bonds. The van der Waals surface area contributed by atoms with Crippen molar-refractivity contribution in [1.82, 2.24) is 15.5 Å². The normalized spacial score (nSPS) is 23.9. The molecule has 0 spiro atoms. The van der Waals surface area contributed by atoms with Gasteiger partial charge in [-0.25, -0.2) is 4.99 Å². The van der Waals surface area contributed by atoms with E-state index in [2.05, 4.69) is 50.0 Å². The van der Waals surface area contributed by atoms with E-state index in [0.717, 1.165) is 29.6 Å². The standard InChI is InChI=1S/C15H27BrN4.HI/c1-3-17-15(18-10-12(2)16)19-13-8-9-20(11-13)14-6-4-5-7-14;/h13-14H,2-11H2,1H3,(H2,17,18,19);1H. The molecular formula is C15H28BrIN4. The van der Waals surface area contributed by atoms with Crippen molar-refractivity contribution in [3.63, 3.8) is 0 Å². The largest absolute Gasteiger partial charge is 0.357 e. The fourth-order valence-corrected chi connectivity index (χ4v) is 3.31. The molecule has 1 aliphatic heterocycles. The molecule has 2 aliphatic rings. The summed E-state index contributed by atoms with van der Waals surface area (Å²) in [5.41, 5.74) is 0. The van der Waals surface area contributed by atoms with Gasteiger partial charge in [0, 0.05) is 36.2 Å². The van der Waals surface area contributed by atoms with Crippen LogP contribution >= 0.6 is 39.9 Å². The number of likely N-dealkylation sites (tertiary alicyclic amines) is 1. The lowest BCUT2D eigenvalue weighted by Gasteiger charge is -2.24. The SMILES string of the molecule is C=C(Br)CN=C(NCC)NC1CCN(C2CCCC2)C1.I. The van der Waals surface area contributed by atoms with Gasteiger partial charge in [-0.15, -0.1) is 24.0 Å². The fourth-order valence-electron chi connectivity index (χ4n) is 3.18. The molecule has 0 bridgehead atoms. The molecule has 122 valence electrons. The van der Waals surface area contributed by atoms with Crippen LogP contribution in [0.2, 0.25) is 0 Å². The number of nitrogens with one attached hydrogen (secondary N) is 2. The quantitative estimate of drug-likeness (QED) is 0.368. The van der Waals surface area contributed by atoms with Gasteiger partial charge in [0.05, 0.1) is 6.54 Å². The number of guanidine groups is 1.